The van der Waals surface area contributed by atoms with E-state index in [9.17, 15) is 14.7 Å². The van der Waals surface area contributed by atoms with Crippen LogP contribution < -0.4 is 5.32 Å². The van der Waals surface area contributed by atoms with Crippen LogP contribution in [0.15, 0.2) is 0 Å². The van der Waals surface area contributed by atoms with E-state index in [1.165, 1.54) is 0 Å². The van der Waals surface area contributed by atoms with Crippen LogP contribution >= 0.6 is 0 Å². The molecular formula is C14H23NO4. The molecule has 2 aliphatic rings. The topological polar surface area (TPSA) is 75.6 Å². The van der Waals surface area contributed by atoms with Crippen LogP contribution in [0.25, 0.3) is 0 Å². The first-order valence-electron chi connectivity index (χ1n) is 7.29. The van der Waals surface area contributed by atoms with Gasteiger partial charge in [0.1, 0.15) is 0 Å². The number of carboxylic acid groups (broad SMARTS) is 1. The van der Waals surface area contributed by atoms with Crippen LogP contribution in [0.1, 0.15) is 44.9 Å². The van der Waals surface area contributed by atoms with Crippen molar-refractivity contribution in [2.24, 2.45) is 11.8 Å². The summed E-state index contributed by atoms with van der Waals surface area (Å²) in [6.45, 7) is 1.26. The Labute approximate surface area is 113 Å². The summed E-state index contributed by atoms with van der Waals surface area (Å²) in [5.74, 6) is -1.20. The number of carbonyl (C=O) groups excluding carboxylic acids is 1. The molecule has 5 nitrogen and oxygen atoms in total. The Morgan fingerprint density at radius 1 is 1.00 bits per heavy atom. The average molecular weight is 269 g/mol. The second-order valence-electron chi connectivity index (χ2n) is 5.58. The molecule has 2 N–H and O–H groups in total. The average Bonchev–Trinajstić information content (AvgIpc) is 2.65. The van der Waals surface area contributed by atoms with Crippen molar-refractivity contribution in [1.82, 2.24) is 5.32 Å². The van der Waals surface area contributed by atoms with E-state index >= 15 is 0 Å². The third kappa shape index (κ3) is 3.93. The highest BCUT2D eigenvalue weighted by Gasteiger charge is 2.32. The molecule has 2 rings (SSSR count). The maximum absolute atomic E-state index is 12.2. The van der Waals surface area contributed by atoms with Crippen LogP contribution in [-0.2, 0) is 14.3 Å². The van der Waals surface area contributed by atoms with Gasteiger partial charge >= 0.3 is 5.97 Å². The maximum Gasteiger partial charge on any atom is 0.308 e. The van der Waals surface area contributed by atoms with Crippen LogP contribution in [-0.4, -0.2) is 36.2 Å². The van der Waals surface area contributed by atoms with Gasteiger partial charge in [-0.05, 0) is 25.7 Å². The molecule has 1 saturated heterocycles. The monoisotopic (exact) mass is 269 g/mol. The summed E-state index contributed by atoms with van der Waals surface area (Å²) in [6.07, 6.45) is 5.96. The molecule has 2 fully saturated rings. The van der Waals surface area contributed by atoms with Crippen molar-refractivity contribution in [2.75, 3.05) is 13.2 Å². The summed E-state index contributed by atoms with van der Waals surface area (Å²) in [7, 11) is 0. The zero-order chi connectivity index (χ0) is 13.7. The van der Waals surface area contributed by atoms with E-state index in [4.69, 9.17) is 4.74 Å². The van der Waals surface area contributed by atoms with E-state index in [2.05, 4.69) is 5.32 Å². The van der Waals surface area contributed by atoms with Crippen molar-refractivity contribution in [3.05, 3.63) is 0 Å². The van der Waals surface area contributed by atoms with Crippen molar-refractivity contribution in [3.8, 4) is 0 Å². The molecule has 1 saturated carbocycles. The van der Waals surface area contributed by atoms with Gasteiger partial charge in [0.15, 0.2) is 0 Å². The van der Waals surface area contributed by atoms with E-state index in [-0.39, 0.29) is 17.9 Å². The van der Waals surface area contributed by atoms with Crippen molar-refractivity contribution in [1.29, 1.82) is 0 Å². The summed E-state index contributed by atoms with van der Waals surface area (Å²) in [5, 5.41) is 12.3. The van der Waals surface area contributed by atoms with E-state index in [0.717, 1.165) is 38.5 Å². The smallest absolute Gasteiger partial charge is 0.308 e. The maximum atomic E-state index is 12.2. The van der Waals surface area contributed by atoms with Crippen LogP contribution in [0.3, 0.4) is 0 Å². The Kier molecular flexibility index (Phi) is 5.19. The Morgan fingerprint density at radius 2 is 1.68 bits per heavy atom. The minimum atomic E-state index is -0.779. The number of nitrogens with one attached hydrogen (secondary N) is 1. The van der Waals surface area contributed by atoms with Crippen molar-refractivity contribution in [3.63, 3.8) is 0 Å². The molecule has 108 valence electrons. The highest BCUT2D eigenvalue weighted by molar-refractivity contribution is 5.80. The van der Waals surface area contributed by atoms with Gasteiger partial charge in [-0.15, -0.1) is 0 Å². The molecule has 1 aliphatic carbocycles. The quantitative estimate of drug-likeness (QED) is 0.762. The van der Waals surface area contributed by atoms with E-state index in [0.29, 0.717) is 19.6 Å². The predicted molar refractivity (Wildman–Crippen MR) is 69.7 cm³/mol. The van der Waals surface area contributed by atoms with Crippen LogP contribution in [0, 0.1) is 11.8 Å². The number of ether oxygens (including phenoxy) is 1. The largest absolute Gasteiger partial charge is 0.481 e. The Hall–Kier alpha value is -1.10. The van der Waals surface area contributed by atoms with Gasteiger partial charge in [-0.2, -0.15) is 0 Å². The summed E-state index contributed by atoms with van der Waals surface area (Å²) >= 11 is 0. The molecule has 2 atom stereocenters. The second-order valence-corrected chi connectivity index (χ2v) is 5.58. The van der Waals surface area contributed by atoms with Gasteiger partial charge < -0.3 is 15.2 Å². The van der Waals surface area contributed by atoms with Gasteiger partial charge in [0.2, 0.25) is 5.91 Å². The van der Waals surface area contributed by atoms with Crippen molar-refractivity contribution in [2.45, 2.75) is 51.0 Å². The zero-order valence-electron chi connectivity index (χ0n) is 11.3. The minimum absolute atomic E-state index is 0.00792. The van der Waals surface area contributed by atoms with Gasteiger partial charge in [0.05, 0.1) is 5.92 Å². The molecule has 1 aliphatic heterocycles. The number of aliphatic carboxylic acids is 1. The first-order valence-corrected chi connectivity index (χ1v) is 7.29. The fourth-order valence-corrected chi connectivity index (χ4v) is 3.04. The Morgan fingerprint density at radius 3 is 2.37 bits per heavy atom. The molecule has 0 spiro atoms. The summed E-state index contributed by atoms with van der Waals surface area (Å²) < 4.78 is 5.25. The molecule has 5 heteroatoms. The van der Waals surface area contributed by atoms with Crippen LogP contribution in [0.2, 0.25) is 0 Å². The highest BCUT2D eigenvalue weighted by atomic mass is 16.5. The van der Waals surface area contributed by atoms with E-state index in [1.807, 2.05) is 0 Å². The standard InChI is InChI=1S/C14H23NO4/c16-13(10-6-8-19-9-7-10)15-12-5-3-1-2-4-11(12)14(17)18/h10-12H,1-9H2,(H,15,16)(H,17,18)/t11-,12+/m1/s1. The van der Waals surface area contributed by atoms with Crippen molar-refractivity contribution >= 4 is 11.9 Å². The van der Waals surface area contributed by atoms with Gasteiger partial charge in [0.25, 0.3) is 0 Å². The molecule has 0 unspecified atom stereocenters. The molecular weight excluding hydrogens is 246 g/mol. The normalized spacial score (nSPS) is 29.5. The van der Waals surface area contributed by atoms with Gasteiger partial charge in [0, 0.05) is 25.2 Å². The number of amides is 1. The first kappa shape index (κ1) is 14.3. The highest BCUT2D eigenvalue weighted by Crippen LogP contribution is 2.25. The van der Waals surface area contributed by atoms with Crippen LogP contribution in [0.4, 0.5) is 0 Å². The minimum Gasteiger partial charge on any atom is -0.481 e. The lowest BCUT2D eigenvalue weighted by Crippen LogP contribution is -2.46. The zero-order valence-corrected chi connectivity index (χ0v) is 11.3. The summed E-state index contributed by atoms with van der Waals surface area (Å²) in [4.78, 5) is 23.5. The molecule has 0 aromatic rings. The number of hydrogen-bond donors (Lipinski definition) is 2. The van der Waals surface area contributed by atoms with Crippen molar-refractivity contribution < 1.29 is 19.4 Å². The molecule has 0 radical (unpaired) electrons. The Balaban J connectivity index is 1.93. The number of rotatable bonds is 3. The molecule has 19 heavy (non-hydrogen) atoms. The Bertz CT molecular complexity index is 325. The lowest BCUT2D eigenvalue weighted by molar-refractivity contribution is -0.143. The van der Waals surface area contributed by atoms with E-state index < -0.39 is 11.9 Å². The van der Waals surface area contributed by atoms with Crippen LogP contribution in [0.5, 0.6) is 0 Å². The molecule has 0 aromatic heterocycles. The summed E-state index contributed by atoms with van der Waals surface area (Å²) in [6, 6.07) is -0.199. The lowest BCUT2D eigenvalue weighted by atomic mass is 9.93. The molecule has 1 amide bonds. The third-order valence-corrected chi connectivity index (χ3v) is 4.25. The molecule has 0 bridgehead atoms. The lowest BCUT2D eigenvalue weighted by Gasteiger charge is -2.27. The number of carbonyl (C=O) groups is 2. The van der Waals surface area contributed by atoms with E-state index in [1.54, 1.807) is 0 Å². The second kappa shape index (κ2) is 6.89. The van der Waals surface area contributed by atoms with Gasteiger partial charge in [-0.1, -0.05) is 19.3 Å². The fraction of sp³-hybridized carbons (Fsp3) is 0.857. The number of carboxylic acids is 1. The SMILES string of the molecule is O=C(N[C@H]1CCCCC[C@H]1C(=O)O)C1CCOCC1. The number of hydrogen-bond acceptors (Lipinski definition) is 3. The summed E-state index contributed by atoms with van der Waals surface area (Å²) in [5.41, 5.74) is 0. The predicted octanol–water partition coefficient (Wildman–Crippen LogP) is 1.56. The molecule has 1 heterocycles. The van der Waals surface area contributed by atoms with Gasteiger partial charge in [-0.25, -0.2) is 0 Å². The fourth-order valence-electron chi connectivity index (χ4n) is 3.04. The molecule has 0 aromatic carbocycles. The first-order chi connectivity index (χ1) is 9.18. The van der Waals surface area contributed by atoms with Gasteiger partial charge in [-0.3, -0.25) is 9.59 Å². The third-order valence-electron chi connectivity index (χ3n) is 4.25.